The van der Waals surface area contributed by atoms with Gasteiger partial charge in [-0.3, -0.25) is 0 Å². The lowest BCUT2D eigenvalue weighted by molar-refractivity contribution is 0.424. The van der Waals surface area contributed by atoms with Crippen molar-refractivity contribution < 1.29 is 5.11 Å². The van der Waals surface area contributed by atoms with Crippen LogP contribution in [0.15, 0.2) is 12.1 Å². The van der Waals surface area contributed by atoms with Crippen LogP contribution in [0.5, 0.6) is 5.75 Å². The fraction of sp³-hybridized carbons (Fsp3) is 0.500. The van der Waals surface area contributed by atoms with E-state index in [4.69, 9.17) is 11.6 Å². The molecule has 0 aromatic heterocycles. The SMILES string of the molecule is Cc1cc(O)c(C2CCNCC2)cc1Cl. The zero-order valence-corrected chi connectivity index (χ0v) is 9.64. The predicted octanol–water partition coefficient (Wildman–Crippen LogP) is 2.82. The number of benzene rings is 1. The Labute approximate surface area is 95.3 Å². The fourth-order valence-electron chi connectivity index (χ4n) is 2.14. The zero-order valence-electron chi connectivity index (χ0n) is 8.89. The summed E-state index contributed by atoms with van der Waals surface area (Å²) in [6, 6.07) is 3.68. The molecule has 1 aliphatic rings. The van der Waals surface area contributed by atoms with Gasteiger partial charge in [-0.25, -0.2) is 0 Å². The van der Waals surface area contributed by atoms with Crippen LogP contribution in [-0.2, 0) is 0 Å². The Balaban J connectivity index is 2.30. The van der Waals surface area contributed by atoms with Crippen molar-refractivity contribution in [2.45, 2.75) is 25.7 Å². The van der Waals surface area contributed by atoms with Crippen LogP contribution in [-0.4, -0.2) is 18.2 Å². The molecule has 1 aromatic carbocycles. The molecule has 0 atom stereocenters. The number of aromatic hydroxyl groups is 1. The average molecular weight is 226 g/mol. The lowest BCUT2D eigenvalue weighted by Crippen LogP contribution is -2.26. The van der Waals surface area contributed by atoms with Crippen LogP contribution in [0, 0.1) is 6.92 Å². The van der Waals surface area contributed by atoms with Crippen LogP contribution >= 0.6 is 11.6 Å². The number of piperidine rings is 1. The first-order valence-corrected chi connectivity index (χ1v) is 5.76. The zero-order chi connectivity index (χ0) is 10.8. The molecule has 2 rings (SSSR count). The summed E-state index contributed by atoms with van der Waals surface area (Å²) in [5.74, 6) is 0.841. The van der Waals surface area contributed by atoms with E-state index in [-0.39, 0.29) is 0 Å². The lowest BCUT2D eigenvalue weighted by atomic mass is 9.89. The minimum atomic E-state index is 0.392. The minimum absolute atomic E-state index is 0.392. The van der Waals surface area contributed by atoms with Crippen molar-refractivity contribution in [1.29, 1.82) is 0 Å². The van der Waals surface area contributed by atoms with Gasteiger partial charge >= 0.3 is 0 Å². The second-order valence-electron chi connectivity index (χ2n) is 4.18. The Morgan fingerprint density at radius 2 is 2.00 bits per heavy atom. The van der Waals surface area contributed by atoms with E-state index in [1.54, 1.807) is 6.07 Å². The number of rotatable bonds is 1. The number of halogens is 1. The summed E-state index contributed by atoms with van der Waals surface area (Å²) in [6.07, 6.45) is 2.15. The van der Waals surface area contributed by atoms with Crippen molar-refractivity contribution in [1.82, 2.24) is 5.32 Å². The molecule has 82 valence electrons. The molecule has 0 saturated carbocycles. The minimum Gasteiger partial charge on any atom is -0.508 e. The van der Waals surface area contributed by atoms with Gasteiger partial charge in [0.2, 0.25) is 0 Å². The number of phenolic OH excluding ortho intramolecular Hbond substituents is 1. The topological polar surface area (TPSA) is 32.3 Å². The van der Waals surface area contributed by atoms with Gasteiger partial charge < -0.3 is 10.4 Å². The molecule has 0 radical (unpaired) electrons. The monoisotopic (exact) mass is 225 g/mol. The third kappa shape index (κ3) is 2.27. The smallest absolute Gasteiger partial charge is 0.119 e. The van der Waals surface area contributed by atoms with Gasteiger partial charge in [-0.15, -0.1) is 0 Å². The molecule has 1 saturated heterocycles. The molecule has 1 aliphatic heterocycles. The van der Waals surface area contributed by atoms with E-state index in [2.05, 4.69) is 5.32 Å². The van der Waals surface area contributed by atoms with E-state index in [0.717, 1.165) is 42.1 Å². The molecule has 0 unspecified atom stereocenters. The van der Waals surface area contributed by atoms with Crippen LogP contribution < -0.4 is 5.32 Å². The maximum absolute atomic E-state index is 9.89. The third-order valence-corrected chi connectivity index (χ3v) is 3.49. The Hall–Kier alpha value is -0.730. The summed E-state index contributed by atoms with van der Waals surface area (Å²) in [5.41, 5.74) is 1.94. The molecule has 15 heavy (non-hydrogen) atoms. The first-order chi connectivity index (χ1) is 7.18. The summed E-state index contributed by atoms with van der Waals surface area (Å²) in [4.78, 5) is 0. The van der Waals surface area contributed by atoms with Crippen molar-refractivity contribution >= 4 is 11.6 Å². The number of aryl methyl sites for hydroxylation is 1. The molecule has 0 amide bonds. The molecule has 1 aromatic rings. The van der Waals surface area contributed by atoms with E-state index >= 15 is 0 Å². The van der Waals surface area contributed by atoms with Crippen molar-refractivity contribution in [3.05, 3.63) is 28.3 Å². The molecular weight excluding hydrogens is 210 g/mol. The van der Waals surface area contributed by atoms with Gasteiger partial charge in [0.1, 0.15) is 5.75 Å². The first kappa shape index (κ1) is 10.8. The molecule has 1 fully saturated rings. The summed E-state index contributed by atoms with van der Waals surface area (Å²) >= 11 is 6.08. The van der Waals surface area contributed by atoms with Crippen molar-refractivity contribution in [3.8, 4) is 5.75 Å². The summed E-state index contributed by atoms with van der Waals surface area (Å²) < 4.78 is 0. The molecule has 0 aliphatic carbocycles. The van der Waals surface area contributed by atoms with Crippen LogP contribution in [0.1, 0.15) is 29.9 Å². The second-order valence-corrected chi connectivity index (χ2v) is 4.59. The summed E-state index contributed by atoms with van der Waals surface area (Å²) in [5, 5.41) is 14.0. The van der Waals surface area contributed by atoms with Crippen LogP contribution in [0.25, 0.3) is 0 Å². The lowest BCUT2D eigenvalue weighted by Gasteiger charge is -2.24. The maximum atomic E-state index is 9.89. The highest BCUT2D eigenvalue weighted by atomic mass is 35.5. The Bertz CT molecular complexity index is 359. The van der Waals surface area contributed by atoms with E-state index < -0.39 is 0 Å². The quantitative estimate of drug-likeness (QED) is 0.771. The van der Waals surface area contributed by atoms with Gasteiger partial charge in [0.05, 0.1) is 0 Å². The molecule has 0 bridgehead atoms. The largest absolute Gasteiger partial charge is 0.508 e. The molecular formula is C12H16ClNO. The number of hydrogen-bond acceptors (Lipinski definition) is 2. The van der Waals surface area contributed by atoms with Crippen molar-refractivity contribution in [2.24, 2.45) is 0 Å². The van der Waals surface area contributed by atoms with Gasteiger partial charge in [0, 0.05) is 5.02 Å². The van der Waals surface area contributed by atoms with Gasteiger partial charge in [-0.1, -0.05) is 11.6 Å². The summed E-state index contributed by atoms with van der Waals surface area (Å²) in [7, 11) is 0. The molecule has 0 spiro atoms. The standard InChI is InChI=1S/C12H16ClNO/c1-8-6-12(15)10(7-11(8)13)9-2-4-14-5-3-9/h6-7,9,14-15H,2-5H2,1H3. The molecule has 2 nitrogen and oxygen atoms in total. The van der Waals surface area contributed by atoms with Gasteiger partial charge in [-0.2, -0.15) is 0 Å². The van der Waals surface area contributed by atoms with E-state index in [9.17, 15) is 5.11 Å². The Morgan fingerprint density at radius 3 is 2.67 bits per heavy atom. The number of phenols is 1. The maximum Gasteiger partial charge on any atom is 0.119 e. The van der Waals surface area contributed by atoms with Crippen LogP contribution in [0.3, 0.4) is 0 Å². The van der Waals surface area contributed by atoms with E-state index in [1.807, 2.05) is 13.0 Å². The fourth-order valence-corrected chi connectivity index (χ4v) is 2.31. The van der Waals surface area contributed by atoms with Crippen LogP contribution in [0.2, 0.25) is 5.02 Å². The van der Waals surface area contributed by atoms with Crippen molar-refractivity contribution in [2.75, 3.05) is 13.1 Å². The number of nitrogens with one attached hydrogen (secondary N) is 1. The third-order valence-electron chi connectivity index (χ3n) is 3.09. The predicted molar refractivity (Wildman–Crippen MR) is 62.7 cm³/mol. The van der Waals surface area contributed by atoms with E-state index in [1.165, 1.54) is 0 Å². The first-order valence-electron chi connectivity index (χ1n) is 5.38. The highest BCUT2D eigenvalue weighted by Crippen LogP contribution is 2.35. The molecule has 2 N–H and O–H groups in total. The molecule has 1 heterocycles. The Morgan fingerprint density at radius 1 is 1.33 bits per heavy atom. The van der Waals surface area contributed by atoms with E-state index in [0.29, 0.717) is 11.7 Å². The van der Waals surface area contributed by atoms with Crippen molar-refractivity contribution in [3.63, 3.8) is 0 Å². The average Bonchev–Trinajstić information content (AvgIpc) is 2.25. The Kier molecular flexibility index (Phi) is 3.17. The van der Waals surface area contributed by atoms with Gasteiger partial charge in [0.15, 0.2) is 0 Å². The van der Waals surface area contributed by atoms with Gasteiger partial charge in [-0.05, 0) is 62.0 Å². The second kappa shape index (κ2) is 4.42. The number of hydrogen-bond donors (Lipinski definition) is 2. The summed E-state index contributed by atoms with van der Waals surface area (Å²) in [6.45, 7) is 3.96. The highest BCUT2D eigenvalue weighted by molar-refractivity contribution is 6.31. The normalized spacial score (nSPS) is 18.0. The van der Waals surface area contributed by atoms with Crippen LogP contribution in [0.4, 0.5) is 0 Å². The molecule has 3 heteroatoms. The van der Waals surface area contributed by atoms with Gasteiger partial charge in [0.25, 0.3) is 0 Å². The highest BCUT2D eigenvalue weighted by Gasteiger charge is 2.19.